The second-order valence-electron chi connectivity index (χ2n) is 4.29. The molecule has 1 aromatic carbocycles. The highest BCUT2D eigenvalue weighted by molar-refractivity contribution is 9.10. The number of benzene rings is 1. The first-order valence-electron chi connectivity index (χ1n) is 6.13. The lowest BCUT2D eigenvalue weighted by atomic mass is 10.2. The monoisotopic (exact) mass is 345 g/mol. The molecule has 0 spiro atoms. The highest BCUT2D eigenvalue weighted by Gasteiger charge is 2.07. The third-order valence-corrected chi connectivity index (χ3v) is 3.09. The van der Waals surface area contributed by atoms with Crippen LogP contribution >= 0.6 is 15.9 Å². The van der Waals surface area contributed by atoms with Crippen molar-refractivity contribution in [3.05, 3.63) is 52.1 Å². The van der Waals surface area contributed by atoms with Gasteiger partial charge in [0.15, 0.2) is 6.61 Å². The van der Waals surface area contributed by atoms with Crippen LogP contribution in [0.15, 0.2) is 41.0 Å². The Hall–Kier alpha value is -2.39. The van der Waals surface area contributed by atoms with Crippen LogP contribution in [0.2, 0.25) is 0 Å². The Morgan fingerprint density at radius 3 is 2.76 bits per heavy atom. The van der Waals surface area contributed by atoms with E-state index in [-0.39, 0.29) is 12.5 Å². The molecule has 0 radical (unpaired) electrons. The number of ether oxygens (including phenoxy) is 1. The number of rotatable bonds is 4. The Balaban J connectivity index is 1.91. The Morgan fingerprint density at radius 2 is 2.14 bits per heavy atom. The van der Waals surface area contributed by atoms with Crippen molar-refractivity contribution in [1.82, 2.24) is 4.98 Å². The largest absolute Gasteiger partial charge is 0.484 e. The molecule has 0 atom stereocenters. The van der Waals surface area contributed by atoms with E-state index in [2.05, 4.69) is 26.2 Å². The molecule has 0 saturated carbocycles. The number of hydrogen-bond acceptors (Lipinski definition) is 4. The summed E-state index contributed by atoms with van der Waals surface area (Å²) < 4.78 is 6.20. The summed E-state index contributed by atoms with van der Waals surface area (Å²) in [6.07, 6.45) is 1.62. The average molecular weight is 346 g/mol. The fourth-order valence-corrected chi connectivity index (χ4v) is 2.06. The molecule has 1 aromatic heterocycles. The number of nitrogens with one attached hydrogen (secondary N) is 1. The minimum Gasteiger partial charge on any atom is -0.484 e. The highest BCUT2D eigenvalue weighted by atomic mass is 79.9. The van der Waals surface area contributed by atoms with Crippen LogP contribution in [-0.4, -0.2) is 17.5 Å². The van der Waals surface area contributed by atoms with E-state index < -0.39 is 0 Å². The summed E-state index contributed by atoms with van der Waals surface area (Å²) in [5, 5.41) is 11.4. The molecule has 2 aromatic rings. The summed E-state index contributed by atoms with van der Waals surface area (Å²) >= 11 is 3.31. The van der Waals surface area contributed by atoms with Gasteiger partial charge in [-0.1, -0.05) is 0 Å². The van der Waals surface area contributed by atoms with E-state index in [4.69, 9.17) is 10.00 Å². The van der Waals surface area contributed by atoms with Gasteiger partial charge in [0.25, 0.3) is 5.91 Å². The number of carbonyl (C=O) groups excluding carboxylic acids is 1. The van der Waals surface area contributed by atoms with E-state index in [0.29, 0.717) is 17.1 Å². The number of nitriles is 1. The number of amides is 1. The number of anilines is 1. The minimum absolute atomic E-state index is 0.122. The van der Waals surface area contributed by atoms with Gasteiger partial charge in [0.1, 0.15) is 11.6 Å². The molecule has 0 saturated heterocycles. The van der Waals surface area contributed by atoms with Gasteiger partial charge in [0.2, 0.25) is 0 Å². The highest BCUT2D eigenvalue weighted by Crippen LogP contribution is 2.17. The van der Waals surface area contributed by atoms with Crippen LogP contribution in [-0.2, 0) is 4.79 Å². The Labute approximate surface area is 130 Å². The normalized spacial score (nSPS) is 9.76. The number of aromatic nitrogens is 1. The van der Waals surface area contributed by atoms with E-state index in [9.17, 15) is 4.79 Å². The third-order valence-electron chi connectivity index (χ3n) is 2.66. The van der Waals surface area contributed by atoms with Crippen molar-refractivity contribution >= 4 is 27.7 Å². The maximum absolute atomic E-state index is 11.8. The number of halogens is 1. The van der Waals surface area contributed by atoms with Crippen molar-refractivity contribution in [1.29, 1.82) is 5.26 Å². The van der Waals surface area contributed by atoms with Gasteiger partial charge >= 0.3 is 0 Å². The van der Waals surface area contributed by atoms with Gasteiger partial charge in [-0.2, -0.15) is 5.26 Å². The summed E-state index contributed by atoms with van der Waals surface area (Å²) in [5.74, 6) is 0.744. The predicted octanol–water partition coefficient (Wildman–Crippen LogP) is 3.04. The van der Waals surface area contributed by atoms with Crippen molar-refractivity contribution in [3.8, 4) is 11.8 Å². The van der Waals surface area contributed by atoms with Crippen molar-refractivity contribution < 1.29 is 9.53 Å². The number of aryl methyl sites for hydroxylation is 1. The Morgan fingerprint density at radius 1 is 1.43 bits per heavy atom. The van der Waals surface area contributed by atoms with Gasteiger partial charge in [0.05, 0.1) is 11.6 Å². The Bertz CT molecular complexity index is 693. The summed E-state index contributed by atoms with van der Waals surface area (Å²) in [7, 11) is 0. The standard InChI is InChI=1S/C15H12BrN3O2/c1-10-6-12(16)8-18-15(10)19-14(20)9-21-13-4-2-11(7-17)3-5-13/h2-6,8H,9H2,1H3,(H,18,19,20). The molecule has 0 aliphatic rings. The van der Waals surface area contributed by atoms with Crippen LogP contribution < -0.4 is 10.1 Å². The van der Waals surface area contributed by atoms with E-state index in [1.54, 1.807) is 30.5 Å². The first-order valence-corrected chi connectivity index (χ1v) is 6.93. The molecule has 21 heavy (non-hydrogen) atoms. The van der Waals surface area contributed by atoms with E-state index in [1.807, 2.05) is 19.1 Å². The summed E-state index contributed by atoms with van der Waals surface area (Å²) in [4.78, 5) is 15.9. The van der Waals surface area contributed by atoms with Gasteiger partial charge in [-0.3, -0.25) is 4.79 Å². The predicted molar refractivity (Wildman–Crippen MR) is 82.0 cm³/mol. The lowest BCUT2D eigenvalue weighted by Crippen LogP contribution is -2.21. The van der Waals surface area contributed by atoms with Crippen molar-refractivity contribution in [2.24, 2.45) is 0 Å². The van der Waals surface area contributed by atoms with Crippen LogP contribution in [0.4, 0.5) is 5.82 Å². The zero-order chi connectivity index (χ0) is 15.2. The first-order chi connectivity index (χ1) is 10.1. The summed E-state index contributed by atoms with van der Waals surface area (Å²) in [5.41, 5.74) is 1.40. The van der Waals surface area contributed by atoms with E-state index >= 15 is 0 Å². The lowest BCUT2D eigenvalue weighted by molar-refractivity contribution is -0.118. The third kappa shape index (κ3) is 4.29. The molecule has 2 rings (SSSR count). The molecule has 0 aliphatic carbocycles. The molecular formula is C15H12BrN3O2. The first kappa shape index (κ1) is 15.0. The molecule has 106 valence electrons. The molecule has 1 amide bonds. The molecule has 0 unspecified atom stereocenters. The fraction of sp³-hybridized carbons (Fsp3) is 0.133. The lowest BCUT2D eigenvalue weighted by Gasteiger charge is -2.09. The van der Waals surface area contributed by atoms with E-state index in [0.717, 1.165) is 10.0 Å². The zero-order valence-electron chi connectivity index (χ0n) is 11.3. The molecular weight excluding hydrogens is 334 g/mol. The van der Waals surface area contributed by atoms with Gasteiger partial charge in [-0.05, 0) is 58.7 Å². The molecule has 6 heteroatoms. The second kappa shape index (κ2) is 6.86. The van der Waals surface area contributed by atoms with Crippen LogP contribution in [0.25, 0.3) is 0 Å². The van der Waals surface area contributed by atoms with Crippen LogP contribution in [0.1, 0.15) is 11.1 Å². The fourth-order valence-electron chi connectivity index (χ4n) is 1.61. The van der Waals surface area contributed by atoms with Gasteiger partial charge in [-0.15, -0.1) is 0 Å². The number of hydrogen-bond donors (Lipinski definition) is 1. The average Bonchev–Trinajstić information content (AvgIpc) is 2.48. The molecule has 1 heterocycles. The van der Waals surface area contributed by atoms with Crippen LogP contribution in [0, 0.1) is 18.3 Å². The topological polar surface area (TPSA) is 75.0 Å². The van der Waals surface area contributed by atoms with Crippen molar-refractivity contribution in [2.75, 3.05) is 11.9 Å². The number of carbonyl (C=O) groups is 1. The Kier molecular flexibility index (Phi) is 4.90. The van der Waals surface area contributed by atoms with Crippen LogP contribution in [0.3, 0.4) is 0 Å². The maximum atomic E-state index is 11.8. The quantitative estimate of drug-likeness (QED) is 0.923. The smallest absolute Gasteiger partial charge is 0.263 e. The van der Waals surface area contributed by atoms with Crippen molar-refractivity contribution in [2.45, 2.75) is 6.92 Å². The molecule has 5 nitrogen and oxygen atoms in total. The van der Waals surface area contributed by atoms with Gasteiger partial charge in [-0.25, -0.2) is 4.98 Å². The molecule has 0 bridgehead atoms. The molecule has 0 aliphatic heterocycles. The minimum atomic E-state index is -0.294. The molecule has 0 fully saturated rings. The summed E-state index contributed by atoms with van der Waals surface area (Å²) in [6, 6.07) is 10.4. The maximum Gasteiger partial charge on any atom is 0.263 e. The zero-order valence-corrected chi connectivity index (χ0v) is 12.8. The second-order valence-corrected chi connectivity index (χ2v) is 5.21. The van der Waals surface area contributed by atoms with Crippen LogP contribution in [0.5, 0.6) is 5.75 Å². The van der Waals surface area contributed by atoms with Crippen molar-refractivity contribution in [3.63, 3.8) is 0 Å². The molecule has 1 N–H and O–H groups in total. The van der Waals surface area contributed by atoms with Gasteiger partial charge < -0.3 is 10.1 Å². The summed E-state index contributed by atoms with van der Waals surface area (Å²) in [6.45, 7) is 1.73. The van der Waals surface area contributed by atoms with Gasteiger partial charge in [0, 0.05) is 10.7 Å². The number of pyridine rings is 1. The van der Waals surface area contributed by atoms with E-state index in [1.165, 1.54) is 0 Å². The number of nitrogens with zero attached hydrogens (tertiary/aromatic N) is 2. The SMILES string of the molecule is Cc1cc(Br)cnc1NC(=O)COc1ccc(C#N)cc1.